The number of halogens is 2. The van der Waals surface area contributed by atoms with E-state index in [2.05, 4.69) is 38.7 Å². The van der Waals surface area contributed by atoms with E-state index in [1.807, 2.05) is 24.3 Å². The molecule has 12 heteroatoms. The van der Waals surface area contributed by atoms with Gasteiger partial charge in [-0.3, -0.25) is 14.5 Å². The Hall–Kier alpha value is -3.70. The van der Waals surface area contributed by atoms with E-state index in [1.54, 1.807) is 17.0 Å². The number of amides is 2. The molecule has 10 nitrogen and oxygen atoms in total. The van der Waals surface area contributed by atoms with Crippen molar-refractivity contribution in [3.8, 4) is 11.5 Å². The molecule has 44 heavy (non-hydrogen) atoms. The van der Waals surface area contributed by atoms with E-state index in [-0.39, 0.29) is 28.3 Å². The van der Waals surface area contributed by atoms with Crippen molar-refractivity contribution in [2.75, 3.05) is 70.8 Å². The van der Waals surface area contributed by atoms with Gasteiger partial charge in [-0.05, 0) is 37.7 Å². The first kappa shape index (κ1) is 33.2. The lowest BCUT2D eigenvalue weighted by atomic mass is 10.1. The minimum atomic E-state index is -0.301. The van der Waals surface area contributed by atoms with Crippen LogP contribution >= 0.6 is 23.2 Å². The predicted molar refractivity (Wildman–Crippen MR) is 174 cm³/mol. The van der Waals surface area contributed by atoms with Crippen molar-refractivity contribution in [1.29, 1.82) is 0 Å². The van der Waals surface area contributed by atoms with Gasteiger partial charge in [0.25, 0.3) is 0 Å². The van der Waals surface area contributed by atoms with Crippen LogP contribution in [0.3, 0.4) is 0 Å². The Balaban J connectivity index is 1.61. The number of aromatic nitrogens is 2. The first-order valence-corrected chi connectivity index (χ1v) is 15.1. The third-order valence-corrected chi connectivity index (χ3v) is 8.39. The molecule has 1 saturated heterocycles. The summed E-state index contributed by atoms with van der Waals surface area (Å²) in [5, 5.41) is 3.35. The molecule has 0 bridgehead atoms. The molecule has 3 aromatic rings. The number of ether oxygens (including phenoxy) is 2. The summed E-state index contributed by atoms with van der Waals surface area (Å²) in [6.07, 6.45) is 3.74. The SMILES string of the molecule is C=CC(=O)Nc1ccccc1Cc1cc(N(CCCN2CCN(C)CC2)C(=O)Cc2c(Cl)c(OC)cc(OC)c2Cl)ncn1. The highest BCUT2D eigenvalue weighted by Crippen LogP contribution is 2.41. The number of nitrogens with one attached hydrogen (secondary N) is 1. The summed E-state index contributed by atoms with van der Waals surface area (Å²) in [6, 6.07) is 10.9. The number of para-hydroxylation sites is 1. The molecule has 1 aliphatic rings. The van der Waals surface area contributed by atoms with Gasteiger partial charge in [-0.1, -0.05) is 48.0 Å². The number of carbonyl (C=O) groups excluding carboxylic acids is 2. The molecule has 0 saturated carbocycles. The molecule has 2 heterocycles. The van der Waals surface area contributed by atoms with Crippen molar-refractivity contribution >= 4 is 46.5 Å². The molecule has 0 aliphatic carbocycles. The van der Waals surface area contributed by atoms with Crippen LogP contribution in [0.2, 0.25) is 10.0 Å². The molecule has 234 valence electrons. The summed E-state index contributed by atoms with van der Waals surface area (Å²) in [5.41, 5.74) is 2.63. The molecule has 1 N–H and O–H groups in total. The fraction of sp³-hybridized carbons (Fsp3) is 0.375. The standard InChI is InChI=1S/C32H38Cl2N6O4/c1-5-29(41)37-25-10-7-6-9-22(25)17-23-18-28(36-21-35-23)40(12-8-11-39-15-13-38(2)14-16-39)30(42)19-24-31(33)26(43-3)20-27(44-4)32(24)34/h5-7,9-10,18,20-21H,1,8,11-17,19H2,2-4H3,(H,37,41). The summed E-state index contributed by atoms with van der Waals surface area (Å²) in [4.78, 5) is 41.3. The second-order valence-electron chi connectivity index (χ2n) is 10.5. The lowest BCUT2D eigenvalue weighted by Crippen LogP contribution is -2.45. The minimum absolute atomic E-state index is 0.0878. The summed E-state index contributed by atoms with van der Waals surface area (Å²) in [7, 11) is 5.11. The quantitative estimate of drug-likeness (QED) is 0.268. The number of nitrogens with zero attached hydrogens (tertiary/aromatic N) is 5. The highest BCUT2D eigenvalue weighted by molar-refractivity contribution is 6.38. The number of rotatable bonds is 13. The molecule has 0 atom stereocenters. The Kier molecular flexibility index (Phi) is 12.0. The highest BCUT2D eigenvalue weighted by atomic mass is 35.5. The first-order chi connectivity index (χ1) is 21.2. The lowest BCUT2D eigenvalue weighted by molar-refractivity contribution is -0.118. The van der Waals surface area contributed by atoms with E-state index in [9.17, 15) is 9.59 Å². The van der Waals surface area contributed by atoms with Crippen LogP contribution < -0.4 is 19.7 Å². The maximum atomic E-state index is 14.0. The Labute approximate surface area is 268 Å². The molecule has 0 spiro atoms. The van der Waals surface area contributed by atoms with Crippen LogP contribution in [0, 0.1) is 0 Å². The Morgan fingerprint density at radius 1 is 1.05 bits per heavy atom. The zero-order chi connectivity index (χ0) is 31.6. The number of piperazine rings is 1. The summed E-state index contributed by atoms with van der Waals surface area (Å²) in [5.74, 6) is 0.663. The van der Waals surface area contributed by atoms with Crippen LogP contribution in [0.1, 0.15) is 23.2 Å². The molecule has 2 amide bonds. The topological polar surface area (TPSA) is 100 Å². The molecule has 1 fully saturated rings. The van der Waals surface area contributed by atoms with Crippen LogP contribution in [0.5, 0.6) is 11.5 Å². The minimum Gasteiger partial charge on any atom is -0.495 e. The average Bonchev–Trinajstić information content (AvgIpc) is 3.03. The summed E-state index contributed by atoms with van der Waals surface area (Å²) >= 11 is 13.2. The van der Waals surface area contributed by atoms with Crippen LogP contribution in [0.25, 0.3) is 0 Å². The first-order valence-electron chi connectivity index (χ1n) is 14.4. The van der Waals surface area contributed by atoms with Crippen LogP contribution in [-0.2, 0) is 22.4 Å². The summed E-state index contributed by atoms with van der Waals surface area (Å²) < 4.78 is 10.8. The van der Waals surface area contributed by atoms with Gasteiger partial charge in [0.2, 0.25) is 11.8 Å². The zero-order valence-corrected chi connectivity index (χ0v) is 26.8. The molecular formula is C32H38Cl2N6O4. The number of anilines is 2. The number of methoxy groups -OCH3 is 2. The van der Waals surface area contributed by atoms with E-state index in [4.69, 9.17) is 32.7 Å². The van der Waals surface area contributed by atoms with Gasteiger partial charge in [0.05, 0.1) is 36.4 Å². The fourth-order valence-electron chi connectivity index (χ4n) is 5.03. The van der Waals surface area contributed by atoms with Crippen molar-refractivity contribution in [1.82, 2.24) is 19.8 Å². The normalized spacial score (nSPS) is 13.8. The van der Waals surface area contributed by atoms with E-state index < -0.39 is 0 Å². The number of likely N-dealkylation sites (N-methyl/N-ethyl adjacent to an activating group) is 1. The maximum absolute atomic E-state index is 14.0. The molecular weight excluding hydrogens is 603 g/mol. The average molecular weight is 642 g/mol. The summed E-state index contributed by atoms with van der Waals surface area (Å²) in [6.45, 7) is 8.81. The van der Waals surface area contributed by atoms with Crippen LogP contribution in [0.4, 0.5) is 11.5 Å². The second kappa shape index (κ2) is 15.9. The molecule has 1 aliphatic heterocycles. The Bertz CT molecular complexity index is 1450. The van der Waals surface area contributed by atoms with Gasteiger partial charge in [-0.25, -0.2) is 9.97 Å². The van der Waals surface area contributed by atoms with Gasteiger partial charge in [0, 0.05) is 62.5 Å². The Morgan fingerprint density at radius 3 is 2.39 bits per heavy atom. The van der Waals surface area contributed by atoms with E-state index >= 15 is 0 Å². The number of carbonyl (C=O) groups is 2. The zero-order valence-electron chi connectivity index (χ0n) is 25.3. The molecule has 0 unspecified atom stereocenters. The Morgan fingerprint density at radius 2 is 1.73 bits per heavy atom. The van der Waals surface area contributed by atoms with Crippen molar-refractivity contribution in [2.45, 2.75) is 19.3 Å². The van der Waals surface area contributed by atoms with Crippen LogP contribution in [-0.4, -0.2) is 92.1 Å². The highest BCUT2D eigenvalue weighted by Gasteiger charge is 2.25. The van der Waals surface area contributed by atoms with Gasteiger partial charge in [-0.15, -0.1) is 0 Å². The number of benzene rings is 2. The van der Waals surface area contributed by atoms with Crippen molar-refractivity contribution < 1.29 is 19.1 Å². The van der Waals surface area contributed by atoms with Gasteiger partial charge < -0.3 is 24.6 Å². The van der Waals surface area contributed by atoms with E-state index in [0.29, 0.717) is 47.2 Å². The van der Waals surface area contributed by atoms with Crippen molar-refractivity contribution in [3.05, 3.63) is 82.2 Å². The third kappa shape index (κ3) is 8.47. The smallest absolute Gasteiger partial charge is 0.247 e. The largest absolute Gasteiger partial charge is 0.495 e. The van der Waals surface area contributed by atoms with Gasteiger partial charge >= 0.3 is 0 Å². The van der Waals surface area contributed by atoms with Crippen molar-refractivity contribution in [3.63, 3.8) is 0 Å². The molecule has 2 aromatic carbocycles. The van der Waals surface area contributed by atoms with E-state index in [1.165, 1.54) is 26.6 Å². The van der Waals surface area contributed by atoms with Gasteiger partial charge in [-0.2, -0.15) is 0 Å². The maximum Gasteiger partial charge on any atom is 0.247 e. The van der Waals surface area contributed by atoms with Crippen LogP contribution in [0.15, 0.2) is 55.4 Å². The third-order valence-electron chi connectivity index (χ3n) is 7.56. The second-order valence-corrected chi connectivity index (χ2v) is 11.3. The molecule has 0 radical (unpaired) electrons. The van der Waals surface area contributed by atoms with Crippen molar-refractivity contribution in [2.24, 2.45) is 0 Å². The fourth-order valence-corrected chi connectivity index (χ4v) is 5.67. The van der Waals surface area contributed by atoms with Gasteiger partial charge in [0.1, 0.15) is 23.6 Å². The van der Waals surface area contributed by atoms with E-state index in [0.717, 1.165) is 44.7 Å². The molecule has 4 rings (SSSR count). The monoisotopic (exact) mass is 640 g/mol. The van der Waals surface area contributed by atoms with Gasteiger partial charge in [0.15, 0.2) is 0 Å². The number of hydrogen-bond acceptors (Lipinski definition) is 8. The lowest BCUT2D eigenvalue weighted by Gasteiger charge is -2.33. The predicted octanol–water partition coefficient (Wildman–Crippen LogP) is 4.73. The number of hydrogen-bond donors (Lipinski definition) is 1. The molecule has 1 aromatic heterocycles.